The Morgan fingerprint density at radius 3 is 2.68 bits per heavy atom. The number of hydrogen-bond donors (Lipinski definition) is 1. The number of carbonyl (C=O) groups excluding carboxylic acids is 3. The Balaban J connectivity index is 1.54. The molecule has 1 atom stereocenters. The van der Waals surface area contributed by atoms with E-state index in [2.05, 4.69) is 15.3 Å². The van der Waals surface area contributed by atoms with Gasteiger partial charge in [0.15, 0.2) is 0 Å². The van der Waals surface area contributed by atoms with E-state index in [1.165, 1.54) is 18.2 Å². The minimum atomic E-state index is -0.816. The number of hydrogen-bond acceptors (Lipinski definition) is 7. The lowest BCUT2D eigenvalue weighted by molar-refractivity contribution is -0.120. The van der Waals surface area contributed by atoms with E-state index in [9.17, 15) is 14.4 Å². The first-order valence-corrected chi connectivity index (χ1v) is 11.0. The van der Waals surface area contributed by atoms with Gasteiger partial charge < -0.3 is 19.7 Å². The molecule has 178 valence electrons. The van der Waals surface area contributed by atoms with Crippen LogP contribution in [0.5, 0.6) is 0 Å². The SMILES string of the molecule is COC(=O)c1cnc2c(c1)C[C@@]1(C2)C(=O)Nc2ncc(/C=C/CN(C)C(=O)OC(C)(C)C)cc21. The van der Waals surface area contributed by atoms with Crippen LogP contribution in [0, 0.1) is 0 Å². The highest BCUT2D eigenvalue weighted by molar-refractivity contribution is 6.06. The number of carbonyl (C=O) groups is 3. The maximum atomic E-state index is 13.1. The molecule has 0 saturated carbocycles. The molecule has 1 aliphatic carbocycles. The largest absolute Gasteiger partial charge is 0.465 e. The topological polar surface area (TPSA) is 111 Å². The van der Waals surface area contributed by atoms with Gasteiger partial charge in [0.2, 0.25) is 5.91 Å². The summed E-state index contributed by atoms with van der Waals surface area (Å²) in [5, 5.41) is 2.89. The summed E-state index contributed by atoms with van der Waals surface area (Å²) in [7, 11) is 2.99. The molecule has 1 aliphatic heterocycles. The molecule has 0 unspecified atom stereocenters. The van der Waals surface area contributed by atoms with Crippen LogP contribution < -0.4 is 5.32 Å². The van der Waals surface area contributed by atoms with Crippen molar-refractivity contribution in [2.45, 2.75) is 44.6 Å². The average Bonchev–Trinajstić information content (AvgIpc) is 3.29. The maximum Gasteiger partial charge on any atom is 0.410 e. The molecule has 3 heterocycles. The normalized spacial score (nSPS) is 18.6. The van der Waals surface area contributed by atoms with Gasteiger partial charge in [-0.3, -0.25) is 9.78 Å². The lowest BCUT2D eigenvalue weighted by atomic mass is 9.79. The quantitative estimate of drug-likeness (QED) is 0.692. The van der Waals surface area contributed by atoms with Gasteiger partial charge in [0, 0.05) is 43.7 Å². The van der Waals surface area contributed by atoms with Gasteiger partial charge in [-0.1, -0.05) is 12.2 Å². The summed E-state index contributed by atoms with van der Waals surface area (Å²) in [6, 6.07) is 3.69. The first kappa shape index (κ1) is 23.4. The van der Waals surface area contributed by atoms with Gasteiger partial charge in [-0.25, -0.2) is 14.6 Å². The molecule has 1 spiro atoms. The molecular formula is C25H28N4O5. The molecule has 9 heteroatoms. The molecular weight excluding hydrogens is 436 g/mol. The van der Waals surface area contributed by atoms with Gasteiger partial charge in [-0.05, 0) is 50.5 Å². The minimum absolute atomic E-state index is 0.126. The van der Waals surface area contributed by atoms with E-state index in [1.54, 1.807) is 19.3 Å². The Morgan fingerprint density at radius 1 is 1.21 bits per heavy atom. The van der Waals surface area contributed by atoms with Gasteiger partial charge in [-0.2, -0.15) is 0 Å². The van der Waals surface area contributed by atoms with Crippen molar-refractivity contribution < 1.29 is 23.9 Å². The van der Waals surface area contributed by atoms with E-state index in [0.29, 0.717) is 30.8 Å². The standard InChI is InChI=1S/C25H28N4O5/c1-24(2,3)34-23(32)29(4)8-6-7-15-9-18-20(27-13-15)28-22(31)25(18)11-16-10-17(21(30)33-5)14-26-19(16)12-25/h6-7,9-10,13-14H,8,11-12H2,1-5H3,(H,27,28,31)/b7-6+/t25-/m0/s1. The molecule has 1 N–H and O–H groups in total. The molecule has 2 amide bonds. The second-order valence-electron chi connectivity index (χ2n) is 9.64. The van der Waals surface area contributed by atoms with Gasteiger partial charge in [0.1, 0.15) is 11.4 Å². The van der Waals surface area contributed by atoms with Crippen LogP contribution in [0.15, 0.2) is 30.6 Å². The monoisotopic (exact) mass is 464 g/mol. The third kappa shape index (κ3) is 4.37. The number of nitrogens with one attached hydrogen (secondary N) is 1. The fraction of sp³-hybridized carbons (Fsp3) is 0.400. The molecule has 0 fully saturated rings. The Hall–Kier alpha value is -3.75. The zero-order valence-electron chi connectivity index (χ0n) is 20.0. The lowest BCUT2D eigenvalue weighted by Crippen LogP contribution is -2.35. The summed E-state index contributed by atoms with van der Waals surface area (Å²) >= 11 is 0. The second kappa shape index (κ2) is 8.55. The van der Waals surface area contributed by atoms with E-state index in [-0.39, 0.29) is 5.91 Å². The van der Waals surface area contributed by atoms with Crippen LogP contribution in [0.3, 0.4) is 0 Å². The van der Waals surface area contributed by atoms with Crippen molar-refractivity contribution in [3.63, 3.8) is 0 Å². The number of pyridine rings is 2. The van der Waals surface area contributed by atoms with Crippen molar-refractivity contribution in [1.29, 1.82) is 0 Å². The van der Waals surface area contributed by atoms with E-state index in [1.807, 2.05) is 39.0 Å². The smallest absolute Gasteiger partial charge is 0.410 e. The Bertz CT molecular complexity index is 1200. The molecule has 0 saturated heterocycles. The summed E-state index contributed by atoms with van der Waals surface area (Å²) in [4.78, 5) is 47.4. The van der Waals surface area contributed by atoms with Crippen molar-refractivity contribution in [2.75, 3.05) is 26.0 Å². The number of nitrogens with zero attached hydrogens (tertiary/aromatic N) is 3. The first-order valence-electron chi connectivity index (χ1n) is 11.0. The van der Waals surface area contributed by atoms with Crippen LogP contribution in [-0.4, -0.2) is 59.1 Å². The Labute approximate surface area is 198 Å². The number of aromatic nitrogens is 2. The predicted molar refractivity (Wildman–Crippen MR) is 125 cm³/mol. The zero-order valence-corrected chi connectivity index (χ0v) is 20.0. The van der Waals surface area contributed by atoms with Crippen molar-refractivity contribution in [1.82, 2.24) is 14.9 Å². The van der Waals surface area contributed by atoms with Crippen molar-refractivity contribution in [2.24, 2.45) is 0 Å². The van der Waals surface area contributed by atoms with Crippen molar-refractivity contribution in [3.8, 4) is 0 Å². The summed E-state index contributed by atoms with van der Waals surface area (Å²) in [6.45, 7) is 5.83. The van der Waals surface area contributed by atoms with Gasteiger partial charge in [0.25, 0.3) is 0 Å². The van der Waals surface area contributed by atoms with Crippen LogP contribution in [0.25, 0.3) is 6.08 Å². The number of ether oxygens (including phenoxy) is 2. The van der Waals surface area contributed by atoms with Crippen LogP contribution in [0.4, 0.5) is 10.6 Å². The van der Waals surface area contributed by atoms with E-state index in [0.717, 1.165) is 22.4 Å². The maximum absolute atomic E-state index is 13.1. The second-order valence-corrected chi connectivity index (χ2v) is 9.64. The van der Waals surface area contributed by atoms with E-state index < -0.39 is 23.1 Å². The molecule has 34 heavy (non-hydrogen) atoms. The summed E-state index contributed by atoms with van der Waals surface area (Å²) in [5.74, 6) is -0.0506. The fourth-order valence-electron chi connectivity index (χ4n) is 4.25. The first-order chi connectivity index (χ1) is 16.0. The number of likely N-dealkylation sites (N-methyl/N-ethyl adjacent to an activating group) is 1. The third-order valence-corrected chi connectivity index (χ3v) is 5.93. The number of rotatable bonds is 4. The number of esters is 1. The van der Waals surface area contributed by atoms with Crippen LogP contribution in [0.1, 0.15) is 53.5 Å². The highest BCUT2D eigenvalue weighted by Gasteiger charge is 2.52. The molecule has 0 aromatic carbocycles. The fourth-order valence-corrected chi connectivity index (χ4v) is 4.25. The van der Waals surface area contributed by atoms with Crippen molar-refractivity contribution >= 4 is 29.9 Å². The van der Waals surface area contributed by atoms with E-state index >= 15 is 0 Å². The van der Waals surface area contributed by atoms with E-state index in [4.69, 9.17) is 9.47 Å². The average molecular weight is 465 g/mol. The molecule has 9 nitrogen and oxygen atoms in total. The highest BCUT2D eigenvalue weighted by atomic mass is 16.6. The molecule has 2 aromatic heterocycles. The summed E-state index contributed by atoms with van der Waals surface area (Å²) in [5.41, 5.74) is 2.24. The van der Waals surface area contributed by atoms with Crippen LogP contribution in [-0.2, 0) is 32.5 Å². The number of anilines is 1. The number of methoxy groups -OCH3 is 1. The minimum Gasteiger partial charge on any atom is -0.465 e. The summed E-state index contributed by atoms with van der Waals surface area (Å²) < 4.78 is 10.1. The van der Waals surface area contributed by atoms with Gasteiger partial charge in [-0.15, -0.1) is 0 Å². The molecule has 4 rings (SSSR count). The predicted octanol–water partition coefficient (Wildman–Crippen LogP) is 3.13. The Morgan fingerprint density at radius 2 is 1.97 bits per heavy atom. The van der Waals surface area contributed by atoms with Crippen LogP contribution in [0.2, 0.25) is 0 Å². The third-order valence-electron chi connectivity index (χ3n) is 5.93. The van der Waals surface area contributed by atoms with Crippen molar-refractivity contribution in [3.05, 3.63) is 58.6 Å². The molecule has 2 aromatic rings. The number of fused-ring (bicyclic) bond motifs is 3. The molecule has 0 radical (unpaired) electrons. The Kier molecular flexibility index (Phi) is 5.89. The summed E-state index contributed by atoms with van der Waals surface area (Å²) in [6.07, 6.45) is 7.32. The molecule has 0 bridgehead atoms. The molecule has 2 aliphatic rings. The van der Waals surface area contributed by atoms with Crippen LogP contribution >= 0.6 is 0 Å². The van der Waals surface area contributed by atoms with Gasteiger partial charge in [0.05, 0.1) is 18.1 Å². The lowest BCUT2D eigenvalue weighted by Gasteiger charge is -2.23. The highest BCUT2D eigenvalue weighted by Crippen LogP contribution is 2.46. The van der Waals surface area contributed by atoms with Gasteiger partial charge >= 0.3 is 12.1 Å². The zero-order chi connectivity index (χ0) is 24.7. The number of amides is 2.